The highest BCUT2D eigenvalue weighted by atomic mass is 19.4. The van der Waals surface area contributed by atoms with Crippen LogP contribution in [0.2, 0.25) is 0 Å². The highest BCUT2D eigenvalue weighted by Gasteiger charge is 2.29. The number of piperidine rings is 1. The zero-order chi connectivity index (χ0) is 19.9. The number of hydrogen-bond donors (Lipinski definition) is 1. The van der Waals surface area contributed by atoms with Crippen LogP contribution >= 0.6 is 0 Å². The molecule has 0 aromatic heterocycles. The van der Waals surface area contributed by atoms with Gasteiger partial charge >= 0.3 is 12.1 Å². The van der Waals surface area contributed by atoms with E-state index in [1.807, 2.05) is 4.90 Å². The SMILES string of the molecule is CN=C(NCc1ccccc1OCC(F)(F)F)N1CCC(C(=O)OC)CC1. The molecule has 27 heavy (non-hydrogen) atoms. The number of rotatable bonds is 5. The highest BCUT2D eigenvalue weighted by molar-refractivity contribution is 5.80. The number of nitrogens with one attached hydrogen (secondary N) is 1. The summed E-state index contributed by atoms with van der Waals surface area (Å²) < 4.78 is 46.9. The maximum Gasteiger partial charge on any atom is 0.422 e. The summed E-state index contributed by atoms with van der Waals surface area (Å²) in [4.78, 5) is 17.9. The van der Waals surface area contributed by atoms with Gasteiger partial charge in [0.1, 0.15) is 5.75 Å². The lowest BCUT2D eigenvalue weighted by Crippen LogP contribution is -2.46. The highest BCUT2D eigenvalue weighted by Crippen LogP contribution is 2.22. The molecule has 0 saturated carbocycles. The second-order valence-electron chi connectivity index (χ2n) is 6.20. The molecule has 2 rings (SSSR count). The molecule has 1 heterocycles. The van der Waals surface area contributed by atoms with Gasteiger partial charge in [0, 0.05) is 32.2 Å². The van der Waals surface area contributed by atoms with Crippen LogP contribution < -0.4 is 10.1 Å². The Labute approximate surface area is 156 Å². The summed E-state index contributed by atoms with van der Waals surface area (Å²) in [5.74, 6) is 0.500. The van der Waals surface area contributed by atoms with Crippen molar-refractivity contribution in [2.24, 2.45) is 10.9 Å². The molecule has 1 aliphatic heterocycles. The summed E-state index contributed by atoms with van der Waals surface area (Å²) in [6.45, 7) is 0.231. The van der Waals surface area contributed by atoms with E-state index in [9.17, 15) is 18.0 Å². The maximum atomic E-state index is 12.4. The topological polar surface area (TPSA) is 63.2 Å². The number of benzene rings is 1. The second kappa shape index (κ2) is 9.48. The number of ether oxygens (including phenoxy) is 2. The maximum absolute atomic E-state index is 12.4. The largest absolute Gasteiger partial charge is 0.484 e. The third-order valence-corrected chi connectivity index (χ3v) is 4.34. The van der Waals surface area contributed by atoms with E-state index in [4.69, 9.17) is 9.47 Å². The molecule has 0 unspecified atom stereocenters. The number of halogens is 3. The first kappa shape index (κ1) is 20.9. The van der Waals surface area contributed by atoms with Crippen LogP contribution in [0.4, 0.5) is 13.2 Å². The van der Waals surface area contributed by atoms with E-state index in [0.717, 1.165) is 0 Å². The molecule has 150 valence electrons. The average molecular weight is 387 g/mol. The third kappa shape index (κ3) is 6.33. The van der Waals surface area contributed by atoms with Gasteiger partial charge in [-0.2, -0.15) is 13.2 Å². The molecule has 1 N–H and O–H groups in total. The monoisotopic (exact) mass is 387 g/mol. The number of carbonyl (C=O) groups excluding carboxylic acids is 1. The average Bonchev–Trinajstić information content (AvgIpc) is 2.67. The fourth-order valence-electron chi connectivity index (χ4n) is 2.95. The van der Waals surface area contributed by atoms with Crippen molar-refractivity contribution in [3.05, 3.63) is 29.8 Å². The van der Waals surface area contributed by atoms with Crippen LogP contribution in [0.1, 0.15) is 18.4 Å². The number of methoxy groups -OCH3 is 1. The van der Waals surface area contributed by atoms with E-state index < -0.39 is 12.8 Å². The molecular formula is C18H24F3N3O3. The van der Waals surface area contributed by atoms with E-state index in [1.54, 1.807) is 25.2 Å². The fourth-order valence-corrected chi connectivity index (χ4v) is 2.95. The molecule has 0 amide bonds. The molecular weight excluding hydrogens is 363 g/mol. The summed E-state index contributed by atoms with van der Waals surface area (Å²) in [6.07, 6.45) is -3.06. The quantitative estimate of drug-likeness (QED) is 0.478. The zero-order valence-electron chi connectivity index (χ0n) is 15.4. The zero-order valence-corrected chi connectivity index (χ0v) is 15.4. The Kier molecular flexibility index (Phi) is 7.32. The predicted octanol–water partition coefficient (Wildman–Crippen LogP) is 2.59. The summed E-state index contributed by atoms with van der Waals surface area (Å²) in [5.41, 5.74) is 0.604. The van der Waals surface area contributed by atoms with Crippen molar-refractivity contribution in [1.29, 1.82) is 0 Å². The van der Waals surface area contributed by atoms with Gasteiger partial charge in [-0.15, -0.1) is 0 Å². The Morgan fingerprint density at radius 1 is 1.30 bits per heavy atom. The Hall–Kier alpha value is -2.45. The van der Waals surface area contributed by atoms with Crippen LogP contribution in [0.25, 0.3) is 0 Å². The van der Waals surface area contributed by atoms with Gasteiger partial charge in [-0.3, -0.25) is 9.79 Å². The molecule has 0 spiro atoms. The molecule has 0 aliphatic carbocycles. The van der Waals surface area contributed by atoms with E-state index >= 15 is 0 Å². The summed E-state index contributed by atoms with van der Waals surface area (Å²) in [7, 11) is 3.02. The summed E-state index contributed by atoms with van der Waals surface area (Å²) in [6, 6.07) is 6.58. The summed E-state index contributed by atoms with van der Waals surface area (Å²) in [5, 5.41) is 3.15. The van der Waals surface area contributed by atoms with E-state index in [2.05, 4.69) is 10.3 Å². The normalized spacial score (nSPS) is 16.2. The van der Waals surface area contributed by atoms with Crippen LogP contribution in [0, 0.1) is 5.92 Å². The van der Waals surface area contributed by atoms with Gasteiger partial charge in [-0.05, 0) is 18.9 Å². The van der Waals surface area contributed by atoms with Gasteiger partial charge in [-0.25, -0.2) is 0 Å². The summed E-state index contributed by atoms with van der Waals surface area (Å²) >= 11 is 0. The minimum absolute atomic E-state index is 0.110. The van der Waals surface area contributed by atoms with Crippen LogP contribution in [0.5, 0.6) is 5.75 Å². The first-order valence-corrected chi connectivity index (χ1v) is 8.65. The predicted molar refractivity (Wildman–Crippen MR) is 94.5 cm³/mol. The van der Waals surface area contributed by atoms with Gasteiger partial charge in [0.25, 0.3) is 0 Å². The van der Waals surface area contributed by atoms with E-state index in [1.165, 1.54) is 13.2 Å². The third-order valence-electron chi connectivity index (χ3n) is 4.34. The lowest BCUT2D eigenvalue weighted by molar-refractivity contribution is -0.153. The van der Waals surface area contributed by atoms with Crippen molar-refractivity contribution in [3.63, 3.8) is 0 Å². The van der Waals surface area contributed by atoms with Crippen molar-refractivity contribution >= 4 is 11.9 Å². The minimum atomic E-state index is -4.39. The van der Waals surface area contributed by atoms with Gasteiger partial charge in [0.05, 0.1) is 13.0 Å². The number of likely N-dealkylation sites (tertiary alicyclic amines) is 1. The number of guanidine groups is 1. The number of hydrogen-bond acceptors (Lipinski definition) is 4. The van der Waals surface area contributed by atoms with Crippen LogP contribution in [-0.2, 0) is 16.1 Å². The smallest absolute Gasteiger partial charge is 0.422 e. The molecule has 9 heteroatoms. The van der Waals surface area contributed by atoms with Gasteiger partial charge in [-0.1, -0.05) is 18.2 Å². The lowest BCUT2D eigenvalue weighted by atomic mass is 9.97. The Balaban J connectivity index is 1.92. The Bertz CT molecular complexity index is 657. The Morgan fingerprint density at radius 3 is 2.56 bits per heavy atom. The second-order valence-corrected chi connectivity index (χ2v) is 6.20. The molecule has 1 fully saturated rings. The number of esters is 1. The standard InChI is InChI=1S/C18H24F3N3O3/c1-22-17(24-9-7-13(8-10-24)16(25)26-2)23-11-14-5-3-4-6-15(14)27-12-18(19,20)21/h3-6,13H,7-12H2,1-2H3,(H,22,23). The van der Waals surface area contributed by atoms with Crippen LogP contribution in [0.3, 0.4) is 0 Å². The van der Waals surface area contributed by atoms with Crippen molar-refractivity contribution < 1.29 is 27.4 Å². The minimum Gasteiger partial charge on any atom is -0.484 e. The van der Waals surface area contributed by atoms with Crippen molar-refractivity contribution in [2.45, 2.75) is 25.6 Å². The van der Waals surface area contributed by atoms with Crippen molar-refractivity contribution in [2.75, 3.05) is 33.9 Å². The first-order chi connectivity index (χ1) is 12.8. The van der Waals surface area contributed by atoms with E-state index in [-0.39, 0.29) is 24.2 Å². The lowest BCUT2D eigenvalue weighted by Gasteiger charge is -2.33. The number of carbonyl (C=O) groups is 1. The fraction of sp³-hybridized carbons (Fsp3) is 0.556. The molecule has 0 radical (unpaired) electrons. The first-order valence-electron chi connectivity index (χ1n) is 8.65. The van der Waals surface area contributed by atoms with Gasteiger partial charge in [0.2, 0.25) is 0 Å². The van der Waals surface area contributed by atoms with Crippen molar-refractivity contribution in [3.8, 4) is 5.75 Å². The van der Waals surface area contributed by atoms with Gasteiger partial charge < -0.3 is 19.7 Å². The van der Waals surface area contributed by atoms with Crippen LogP contribution in [0.15, 0.2) is 29.3 Å². The Morgan fingerprint density at radius 2 is 1.96 bits per heavy atom. The molecule has 1 aromatic rings. The number of aliphatic imine (C=N–C) groups is 1. The van der Waals surface area contributed by atoms with Gasteiger partial charge in [0.15, 0.2) is 12.6 Å². The molecule has 1 aromatic carbocycles. The van der Waals surface area contributed by atoms with Crippen LogP contribution in [-0.4, -0.2) is 56.9 Å². The molecule has 6 nitrogen and oxygen atoms in total. The van der Waals surface area contributed by atoms with Crippen molar-refractivity contribution in [1.82, 2.24) is 10.2 Å². The number of para-hydroxylation sites is 1. The molecule has 0 bridgehead atoms. The number of nitrogens with zero attached hydrogens (tertiary/aromatic N) is 2. The number of alkyl halides is 3. The molecule has 1 saturated heterocycles. The molecule has 1 aliphatic rings. The molecule has 0 atom stereocenters. The van der Waals surface area contributed by atoms with E-state index in [0.29, 0.717) is 37.5 Å².